The second-order valence-electron chi connectivity index (χ2n) is 5.92. The number of hydrogen-bond donors (Lipinski definition) is 3. The molecule has 0 aliphatic rings. The average molecular weight is 387 g/mol. The SMILES string of the molecule is CC(=O)Nc1ccc(Nc2cc(Nc3ccc(F)c(F)c3F)nc(C)n2)cc1. The third-order valence-corrected chi connectivity index (χ3v) is 3.61. The molecule has 144 valence electrons. The van der Waals surface area contributed by atoms with E-state index in [0.29, 0.717) is 23.0 Å². The van der Waals surface area contributed by atoms with Crippen LogP contribution in [0.25, 0.3) is 0 Å². The van der Waals surface area contributed by atoms with Gasteiger partial charge in [0.05, 0.1) is 5.69 Å². The molecule has 1 aromatic heterocycles. The van der Waals surface area contributed by atoms with Gasteiger partial charge in [0, 0.05) is 24.4 Å². The van der Waals surface area contributed by atoms with Crippen molar-refractivity contribution >= 4 is 34.6 Å². The highest BCUT2D eigenvalue weighted by Gasteiger charge is 2.14. The lowest BCUT2D eigenvalue weighted by molar-refractivity contribution is -0.114. The van der Waals surface area contributed by atoms with Gasteiger partial charge in [-0.05, 0) is 43.3 Å². The fourth-order valence-electron chi connectivity index (χ4n) is 2.44. The largest absolute Gasteiger partial charge is 0.340 e. The van der Waals surface area contributed by atoms with Crippen molar-refractivity contribution in [1.82, 2.24) is 9.97 Å². The van der Waals surface area contributed by atoms with Crippen LogP contribution < -0.4 is 16.0 Å². The molecule has 6 nitrogen and oxygen atoms in total. The third-order valence-electron chi connectivity index (χ3n) is 3.61. The Hall–Kier alpha value is -3.62. The number of anilines is 5. The minimum absolute atomic E-state index is 0.174. The molecule has 1 heterocycles. The van der Waals surface area contributed by atoms with Crippen LogP contribution in [0.4, 0.5) is 41.9 Å². The first-order valence-corrected chi connectivity index (χ1v) is 8.22. The van der Waals surface area contributed by atoms with E-state index in [0.717, 1.165) is 12.1 Å². The number of aryl methyl sites for hydroxylation is 1. The van der Waals surface area contributed by atoms with E-state index in [2.05, 4.69) is 25.9 Å². The summed E-state index contributed by atoms with van der Waals surface area (Å²) in [6.07, 6.45) is 0. The van der Waals surface area contributed by atoms with E-state index in [-0.39, 0.29) is 17.4 Å². The molecule has 2 aromatic carbocycles. The van der Waals surface area contributed by atoms with E-state index in [1.165, 1.54) is 13.0 Å². The Labute approximate surface area is 158 Å². The highest BCUT2D eigenvalue weighted by atomic mass is 19.2. The minimum atomic E-state index is -1.56. The zero-order valence-electron chi connectivity index (χ0n) is 15.0. The smallest absolute Gasteiger partial charge is 0.221 e. The number of benzene rings is 2. The molecule has 0 aliphatic carbocycles. The molecule has 9 heteroatoms. The van der Waals surface area contributed by atoms with Gasteiger partial charge in [-0.25, -0.2) is 23.1 Å². The molecule has 0 atom stereocenters. The number of carbonyl (C=O) groups excluding carboxylic acids is 1. The van der Waals surface area contributed by atoms with Crippen LogP contribution in [-0.4, -0.2) is 15.9 Å². The predicted molar refractivity (Wildman–Crippen MR) is 100 cm³/mol. The Morgan fingerprint density at radius 2 is 1.46 bits per heavy atom. The molecular formula is C19H16F3N5O. The Kier molecular flexibility index (Phi) is 5.44. The molecule has 28 heavy (non-hydrogen) atoms. The van der Waals surface area contributed by atoms with E-state index < -0.39 is 17.5 Å². The van der Waals surface area contributed by atoms with Crippen LogP contribution in [-0.2, 0) is 4.79 Å². The van der Waals surface area contributed by atoms with Gasteiger partial charge in [0.1, 0.15) is 17.5 Å². The molecule has 0 radical (unpaired) electrons. The molecule has 0 spiro atoms. The summed E-state index contributed by atoms with van der Waals surface area (Å²) in [6, 6.07) is 10.3. The van der Waals surface area contributed by atoms with Crippen LogP contribution in [0.3, 0.4) is 0 Å². The van der Waals surface area contributed by atoms with Crippen molar-refractivity contribution in [3.63, 3.8) is 0 Å². The number of rotatable bonds is 5. The summed E-state index contributed by atoms with van der Waals surface area (Å²) in [5.74, 6) is -3.35. The summed E-state index contributed by atoms with van der Waals surface area (Å²) in [4.78, 5) is 19.4. The fraction of sp³-hybridized carbons (Fsp3) is 0.105. The van der Waals surface area contributed by atoms with Gasteiger partial charge < -0.3 is 16.0 Å². The van der Waals surface area contributed by atoms with Gasteiger partial charge in [0.2, 0.25) is 5.91 Å². The van der Waals surface area contributed by atoms with Crippen molar-refractivity contribution in [1.29, 1.82) is 0 Å². The average Bonchev–Trinajstić information content (AvgIpc) is 2.63. The number of nitrogens with one attached hydrogen (secondary N) is 3. The van der Waals surface area contributed by atoms with Gasteiger partial charge in [-0.2, -0.15) is 0 Å². The zero-order chi connectivity index (χ0) is 20.3. The lowest BCUT2D eigenvalue weighted by atomic mass is 10.2. The topological polar surface area (TPSA) is 78.9 Å². The number of amides is 1. The van der Waals surface area contributed by atoms with Gasteiger partial charge in [-0.3, -0.25) is 4.79 Å². The second-order valence-corrected chi connectivity index (χ2v) is 5.92. The summed E-state index contributed by atoms with van der Waals surface area (Å²) in [5.41, 5.74) is 1.09. The van der Waals surface area contributed by atoms with E-state index in [1.807, 2.05) is 0 Å². The van der Waals surface area contributed by atoms with Crippen LogP contribution in [0.1, 0.15) is 12.7 Å². The van der Waals surface area contributed by atoms with Crippen LogP contribution >= 0.6 is 0 Å². The summed E-state index contributed by atoms with van der Waals surface area (Å²) in [5, 5.41) is 8.33. The Morgan fingerprint density at radius 1 is 0.857 bits per heavy atom. The molecule has 3 N–H and O–H groups in total. The molecule has 0 fully saturated rings. The van der Waals surface area contributed by atoms with E-state index in [9.17, 15) is 18.0 Å². The minimum Gasteiger partial charge on any atom is -0.340 e. The van der Waals surface area contributed by atoms with E-state index in [4.69, 9.17) is 0 Å². The summed E-state index contributed by atoms with van der Waals surface area (Å²) >= 11 is 0. The molecule has 0 bridgehead atoms. The molecule has 1 amide bonds. The normalized spacial score (nSPS) is 10.5. The van der Waals surface area contributed by atoms with Crippen molar-refractivity contribution in [3.8, 4) is 0 Å². The molecule has 0 saturated heterocycles. The van der Waals surface area contributed by atoms with Gasteiger partial charge >= 0.3 is 0 Å². The molecular weight excluding hydrogens is 371 g/mol. The zero-order valence-corrected chi connectivity index (χ0v) is 15.0. The first-order chi connectivity index (χ1) is 13.3. The fourth-order valence-corrected chi connectivity index (χ4v) is 2.44. The lowest BCUT2D eigenvalue weighted by Gasteiger charge is -2.11. The first-order valence-electron chi connectivity index (χ1n) is 8.22. The predicted octanol–water partition coefficient (Wildman–Crippen LogP) is 4.65. The highest BCUT2D eigenvalue weighted by molar-refractivity contribution is 5.88. The van der Waals surface area contributed by atoms with E-state index >= 15 is 0 Å². The molecule has 0 unspecified atom stereocenters. The van der Waals surface area contributed by atoms with Crippen LogP contribution in [0.5, 0.6) is 0 Å². The van der Waals surface area contributed by atoms with Gasteiger partial charge in [0.15, 0.2) is 17.5 Å². The first kappa shape index (κ1) is 19.2. The van der Waals surface area contributed by atoms with Crippen molar-refractivity contribution in [2.75, 3.05) is 16.0 Å². The Bertz CT molecular complexity index is 1020. The maximum Gasteiger partial charge on any atom is 0.221 e. The summed E-state index contributed by atoms with van der Waals surface area (Å²) in [7, 11) is 0. The lowest BCUT2D eigenvalue weighted by Crippen LogP contribution is -2.06. The molecule has 3 aromatic rings. The summed E-state index contributed by atoms with van der Waals surface area (Å²) < 4.78 is 40.3. The standard InChI is InChI=1S/C19H16F3N5O/c1-10-23-16(26-13-5-3-12(4-6-13)25-11(2)28)9-17(24-10)27-15-8-7-14(20)18(21)19(15)22/h3-9H,1-2H3,(H,25,28)(H2,23,24,26,27). The quantitative estimate of drug-likeness (QED) is 0.556. The maximum atomic E-state index is 13.9. The number of hydrogen-bond acceptors (Lipinski definition) is 5. The highest BCUT2D eigenvalue weighted by Crippen LogP contribution is 2.25. The van der Waals surface area contributed by atoms with Crippen LogP contribution in [0.2, 0.25) is 0 Å². The Morgan fingerprint density at radius 3 is 2.11 bits per heavy atom. The maximum absolute atomic E-state index is 13.9. The van der Waals surface area contributed by atoms with Gasteiger partial charge in [-0.15, -0.1) is 0 Å². The van der Waals surface area contributed by atoms with Gasteiger partial charge in [0.25, 0.3) is 0 Å². The molecule has 0 saturated carbocycles. The summed E-state index contributed by atoms with van der Waals surface area (Å²) in [6.45, 7) is 3.05. The van der Waals surface area contributed by atoms with Crippen molar-refractivity contribution in [2.24, 2.45) is 0 Å². The van der Waals surface area contributed by atoms with Crippen LogP contribution in [0, 0.1) is 24.4 Å². The second kappa shape index (κ2) is 7.95. The number of nitrogens with zero attached hydrogens (tertiary/aromatic N) is 2. The van der Waals surface area contributed by atoms with Crippen molar-refractivity contribution in [2.45, 2.75) is 13.8 Å². The van der Waals surface area contributed by atoms with Crippen LogP contribution in [0.15, 0.2) is 42.5 Å². The van der Waals surface area contributed by atoms with Crippen molar-refractivity contribution < 1.29 is 18.0 Å². The third kappa shape index (κ3) is 4.56. The number of aromatic nitrogens is 2. The monoisotopic (exact) mass is 387 g/mol. The Balaban J connectivity index is 1.80. The number of halogens is 3. The van der Waals surface area contributed by atoms with Crippen molar-refractivity contribution in [3.05, 3.63) is 65.7 Å². The van der Waals surface area contributed by atoms with E-state index in [1.54, 1.807) is 31.2 Å². The molecule has 0 aliphatic heterocycles. The van der Waals surface area contributed by atoms with Gasteiger partial charge in [-0.1, -0.05) is 0 Å². The molecule has 3 rings (SSSR count). The number of carbonyl (C=O) groups is 1.